The monoisotopic (exact) mass is 183 g/mol. The van der Waals surface area contributed by atoms with Gasteiger partial charge in [0.25, 0.3) is 0 Å². The van der Waals surface area contributed by atoms with E-state index < -0.39 is 17.0 Å². The molecule has 0 heterocycles. The van der Waals surface area contributed by atoms with Gasteiger partial charge in [-0.25, -0.2) is 0 Å². The molecule has 1 aromatic rings. The van der Waals surface area contributed by atoms with Crippen LogP contribution in [0.2, 0.25) is 0 Å². The fourth-order valence-electron chi connectivity index (χ4n) is 0.800. The molecule has 4 nitrogen and oxygen atoms in total. The van der Waals surface area contributed by atoms with E-state index in [1.165, 1.54) is 24.3 Å². The smallest absolute Gasteiger partial charge is 0.0330 e. The highest BCUT2D eigenvalue weighted by atomic mass is 32.2. The van der Waals surface area contributed by atoms with Crippen LogP contribution < -0.4 is 5.11 Å². The minimum absolute atomic E-state index is 0.0918. The fourth-order valence-corrected chi connectivity index (χ4v) is 1.33. The Hall–Kier alpha value is -1.20. The average Bonchev–Trinajstić information content (AvgIpc) is 2.04. The van der Waals surface area contributed by atoms with Crippen molar-refractivity contribution in [2.45, 2.75) is 4.90 Å². The van der Waals surface area contributed by atoms with Crippen LogP contribution in [0.3, 0.4) is 0 Å². The third kappa shape index (κ3) is 1.69. The fraction of sp³-hybridized carbons (Fsp3) is 0. The molecule has 5 heteroatoms. The molecular formula is C7H5NO3S-2. The zero-order valence-electron chi connectivity index (χ0n) is 5.94. The number of hydrogen-bond donors (Lipinski definition) is 1. The molecule has 0 spiro atoms. The molecule has 12 heavy (non-hydrogen) atoms. The van der Waals surface area contributed by atoms with Crippen LogP contribution in [0.5, 0.6) is 0 Å². The first-order valence-corrected chi connectivity index (χ1v) is 4.14. The van der Waals surface area contributed by atoms with Crippen molar-refractivity contribution in [1.82, 2.24) is 0 Å². The van der Waals surface area contributed by atoms with E-state index in [0.717, 1.165) is 0 Å². The van der Waals surface area contributed by atoms with E-state index in [-0.39, 0.29) is 10.5 Å². The Morgan fingerprint density at radius 1 is 1.42 bits per heavy atom. The van der Waals surface area contributed by atoms with Crippen molar-refractivity contribution in [1.29, 1.82) is 5.41 Å². The van der Waals surface area contributed by atoms with Gasteiger partial charge in [-0.15, -0.1) is 0 Å². The van der Waals surface area contributed by atoms with E-state index in [1.54, 1.807) is 0 Å². The van der Waals surface area contributed by atoms with Gasteiger partial charge in [-0.05, 0) is 28.6 Å². The molecule has 0 fully saturated rings. The Kier molecular flexibility index (Phi) is 2.57. The number of rotatable bonds is 2. The lowest BCUT2D eigenvalue weighted by molar-refractivity contribution is -0.214. The summed E-state index contributed by atoms with van der Waals surface area (Å²) in [5.74, 6) is -0.991. The molecule has 0 aliphatic rings. The third-order valence-corrected chi connectivity index (χ3v) is 2.03. The first-order chi connectivity index (χ1) is 5.63. The van der Waals surface area contributed by atoms with E-state index in [0.29, 0.717) is 0 Å². The Morgan fingerprint density at radius 2 is 2.00 bits per heavy atom. The third-order valence-electron chi connectivity index (χ3n) is 1.31. The molecule has 1 unspecified atom stereocenters. The van der Waals surface area contributed by atoms with Crippen molar-refractivity contribution in [2.75, 3.05) is 0 Å². The van der Waals surface area contributed by atoms with Crippen LogP contribution >= 0.6 is 0 Å². The van der Waals surface area contributed by atoms with Gasteiger partial charge in [-0.3, -0.25) is 4.21 Å². The summed E-state index contributed by atoms with van der Waals surface area (Å²) in [7, 11) is 0. The second-order valence-corrected chi connectivity index (χ2v) is 2.97. The lowest BCUT2D eigenvalue weighted by Gasteiger charge is -2.14. The highest BCUT2D eigenvalue weighted by Gasteiger charge is 1.99. The molecule has 0 aromatic heterocycles. The second kappa shape index (κ2) is 3.46. The summed E-state index contributed by atoms with van der Waals surface area (Å²) in [6.07, 6.45) is 0. The second-order valence-electron chi connectivity index (χ2n) is 2.06. The Labute approximate surface area is 71.7 Å². The van der Waals surface area contributed by atoms with Crippen LogP contribution in [-0.2, 0) is 11.1 Å². The van der Waals surface area contributed by atoms with Gasteiger partial charge in [0.1, 0.15) is 0 Å². The molecular weight excluding hydrogens is 178 g/mol. The van der Waals surface area contributed by atoms with E-state index in [2.05, 4.69) is 0 Å². The standard InChI is InChI=1S/C7H7NO3S/c8-7(9)5-3-1-2-4-6(5)12(10)11/h1-4H,(H2,8,9)(H,10,11)/p-2. The Morgan fingerprint density at radius 3 is 2.42 bits per heavy atom. The predicted molar refractivity (Wildman–Crippen MR) is 40.5 cm³/mol. The van der Waals surface area contributed by atoms with Crippen molar-refractivity contribution in [3.05, 3.63) is 29.8 Å². The lowest BCUT2D eigenvalue weighted by Crippen LogP contribution is -2.18. The zero-order valence-corrected chi connectivity index (χ0v) is 6.76. The molecule has 0 saturated heterocycles. The van der Waals surface area contributed by atoms with Gasteiger partial charge in [-0.2, -0.15) is 0 Å². The zero-order chi connectivity index (χ0) is 9.14. The predicted octanol–water partition coefficient (Wildman–Crippen LogP) is -0.390. The van der Waals surface area contributed by atoms with E-state index >= 15 is 0 Å². The van der Waals surface area contributed by atoms with Gasteiger partial charge in [0.2, 0.25) is 0 Å². The molecule has 0 aliphatic carbocycles. The van der Waals surface area contributed by atoms with E-state index in [4.69, 9.17) is 5.41 Å². The van der Waals surface area contributed by atoms with Crippen molar-refractivity contribution in [3.63, 3.8) is 0 Å². The normalized spacial score (nSPS) is 12.4. The molecule has 1 N–H and O–H groups in total. The first kappa shape index (κ1) is 8.89. The highest BCUT2D eigenvalue weighted by molar-refractivity contribution is 7.79. The molecule has 1 atom stereocenters. The van der Waals surface area contributed by atoms with Gasteiger partial charge >= 0.3 is 0 Å². The van der Waals surface area contributed by atoms with Gasteiger partial charge < -0.3 is 15.1 Å². The van der Waals surface area contributed by atoms with Crippen LogP contribution in [0.1, 0.15) is 5.56 Å². The van der Waals surface area contributed by atoms with Crippen LogP contribution in [0.4, 0.5) is 0 Å². The summed E-state index contributed by atoms with van der Waals surface area (Å²) in [6.45, 7) is 0. The van der Waals surface area contributed by atoms with Crippen molar-refractivity contribution in [3.8, 4) is 0 Å². The topological polar surface area (TPSA) is 87.0 Å². The van der Waals surface area contributed by atoms with Crippen LogP contribution in [0, 0.1) is 5.41 Å². The summed E-state index contributed by atoms with van der Waals surface area (Å²) >= 11 is -2.45. The summed E-state index contributed by atoms with van der Waals surface area (Å²) in [5.41, 5.74) is -0.0918. The molecule has 0 saturated carbocycles. The molecule has 64 valence electrons. The van der Waals surface area contributed by atoms with Crippen LogP contribution in [0.15, 0.2) is 29.2 Å². The Balaban J connectivity index is 3.27. The molecule has 0 bridgehead atoms. The van der Waals surface area contributed by atoms with E-state index in [1.807, 2.05) is 0 Å². The summed E-state index contributed by atoms with van der Waals surface area (Å²) < 4.78 is 21.0. The van der Waals surface area contributed by atoms with Crippen LogP contribution in [0.25, 0.3) is 0 Å². The maximum Gasteiger partial charge on any atom is 0.0330 e. The van der Waals surface area contributed by atoms with Crippen molar-refractivity contribution >= 4 is 17.0 Å². The highest BCUT2D eigenvalue weighted by Crippen LogP contribution is 2.10. The van der Waals surface area contributed by atoms with E-state index in [9.17, 15) is 13.9 Å². The molecule has 1 aromatic carbocycles. The van der Waals surface area contributed by atoms with Crippen molar-refractivity contribution < 1.29 is 13.9 Å². The maximum atomic E-state index is 10.6. The molecule has 0 amide bonds. The van der Waals surface area contributed by atoms with Crippen molar-refractivity contribution in [2.24, 2.45) is 0 Å². The molecule has 0 aliphatic heterocycles. The summed E-state index contributed by atoms with van der Waals surface area (Å²) in [4.78, 5) is -0.127. The Bertz CT molecular complexity index is 304. The summed E-state index contributed by atoms with van der Waals surface area (Å²) in [5, 5.41) is 17.3. The number of hydrogen-bond acceptors (Lipinski definition) is 4. The quantitative estimate of drug-likeness (QED) is 0.385. The minimum atomic E-state index is -2.45. The van der Waals surface area contributed by atoms with Gasteiger partial charge in [0.05, 0.1) is 0 Å². The molecule has 1 rings (SSSR count). The van der Waals surface area contributed by atoms with Gasteiger partial charge in [0, 0.05) is 4.90 Å². The minimum Gasteiger partial charge on any atom is -0.859 e. The largest absolute Gasteiger partial charge is 0.859 e. The summed E-state index contributed by atoms with van der Waals surface area (Å²) in [6, 6.07) is 5.60. The maximum absolute atomic E-state index is 10.6. The number of nitrogens with one attached hydrogen (secondary N) is 1. The first-order valence-electron chi connectivity index (χ1n) is 3.07. The van der Waals surface area contributed by atoms with Gasteiger partial charge in [0.15, 0.2) is 0 Å². The average molecular weight is 183 g/mol. The molecule has 0 radical (unpaired) electrons. The lowest BCUT2D eigenvalue weighted by atomic mass is 10.2. The van der Waals surface area contributed by atoms with Crippen LogP contribution in [-0.4, -0.2) is 14.7 Å². The van der Waals surface area contributed by atoms with Gasteiger partial charge in [-0.1, -0.05) is 18.2 Å². The SMILES string of the molecule is N=C([O-])c1ccccc1S(=O)[O-]. The number of benzene rings is 1.